The third kappa shape index (κ3) is 4.24. The van der Waals surface area contributed by atoms with Gasteiger partial charge in [-0.15, -0.1) is 0 Å². The smallest absolute Gasteiger partial charge is 0.160 e. The van der Waals surface area contributed by atoms with Gasteiger partial charge in [-0.1, -0.05) is 127 Å². The fourth-order valence-corrected chi connectivity index (χ4v) is 9.33. The summed E-state index contributed by atoms with van der Waals surface area (Å²) in [6, 6.07) is 54.0. The maximum Gasteiger partial charge on any atom is 0.160 e. The van der Waals surface area contributed by atoms with Crippen LogP contribution in [-0.2, 0) is 0 Å². The summed E-state index contributed by atoms with van der Waals surface area (Å²) in [6.45, 7) is 0. The van der Waals surface area contributed by atoms with Gasteiger partial charge in [0.1, 0.15) is 0 Å². The molecule has 0 fully saturated rings. The first-order chi connectivity index (χ1) is 23.3. The molecule has 2 aromatic heterocycles. The van der Waals surface area contributed by atoms with E-state index < -0.39 is 0 Å². The molecule has 3 heterocycles. The summed E-state index contributed by atoms with van der Waals surface area (Å²) in [7, 11) is 0. The lowest BCUT2D eigenvalue weighted by atomic mass is 10.0. The van der Waals surface area contributed by atoms with Crippen LogP contribution in [0.15, 0.2) is 171 Å². The van der Waals surface area contributed by atoms with Crippen molar-refractivity contribution in [1.29, 1.82) is 0 Å². The van der Waals surface area contributed by atoms with Crippen LogP contribution in [0.3, 0.4) is 0 Å². The van der Waals surface area contributed by atoms with Crippen molar-refractivity contribution in [3.05, 3.63) is 152 Å². The Labute approximate surface area is 279 Å². The minimum absolute atomic E-state index is 0.719. The van der Waals surface area contributed by atoms with Crippen molar-refractivity contribution in [1.82, 2.24) is 14.5 Å². The van der Waals surface area contributed by atoms with Crippen LogP contribution < -0.4 is 0 Å². The van der Waals surface area contributed by atoms with Crippen molar-refractivity contribution < 1.29 is 0 Å². The number of aromatic nitrogens is 3. The number of benzene rings is 7. The number of rotatable bonds is 3. The van der Waals surface area contributed by atoms with Gasteiger partial charge in [-0.2, -0.15) is 0 Å². The average Bonchev–Trinajstić information content (AvgIpc) is 3.49. The molecule has 0 spiro atoms. The Morgan fingerprint density at radius 2 is 1.17 bits per heavy atom. The first-order valence-corrected chi connectivity index (χ1v) is 17.3. The lowest BCUT2D eigenvalue weighted by molar-refractivity contribution is 1.15. The van der Waals surface area contributed by atoms with Crippen molar-refractivity contribution in [3.63, 3.8) is 0 Å². The highest BCUT2D eigenvalue weighted by Gasteiger charge is 2.24. The summed E-state index contributed by atoms with van der Waals surface area (Å²) in [5.74, 6) is 0.719. The standard InChI is InChI=1S/C42H25N3S2/c1-2-12-27(13-3-1)40-31-17-6-7-18-32(31)43-42(44-40)28-14-10-15-29(25-28)45-33-22-21-26-11-4-5-16-30(26)38(33)39-34(45)23-24-37-41(39)47-36-20-9-8-19-35(36)46-37/h1-25H. The molecule has 10 rings (SSSR count). The third-order valence-electron chi connectivity index (χ3n) is 9.03. The van der Waals surface area contributed by atoms with Gasteiger partial charge in [-0.05, 0) is 59.3 Å². The van der Waals surface area contributed by atoms with Crippen LogP contribution in [0.1, 0.15) is 0 Å². The molecule has 0 saturated heterocycles. The summed E-state index contributed by atoms with van der Waals surface area (Å²) in [4.78, 5) is 15.5. The molecular weight excluding hydrogens is 611 g/mol. The third-order valence-corrected chi connectivity index (χ3v) is 11.6. The zero-order valence-corrected chi connectivity index (χ0v) is 26.7. The second kappa shape index (κ2) is 10.6. The molecule has 0 bridgehead atoms. The van der Waals surface area contributed by atoms with Crippen LogP contribution in [0, 0.1) is 0 Å². The molecule has 0 amide bonds. The maximum absolute atomic E-state index is 5.18. The highest BCUT2D eigenvalue weighted by atomic mass is 32.2. The molecule has 0 atom stereocenters. The topological polar surface area (TPSA) is 30.7 Å². The van der Waals surface area contributed by atoms with Gasteiger partial charge in [0.25, 0.3) is 0 Å². The summed E-state index contributed by atoms with van der Waals surface area (Å²) in [5.41, 5.74) is 7.43. The summed E-state index contributed by atoms with van der Waals surface area (Å²) in [6.07, 6.45) is 0. The normalized spacial score (nSPS) is 12.5. The number of hydrogen-bond acceptors (Lipinski definition) is 4. The van der Waals surface area contributed by atoms with E-state index in [2.05, 4.69) is 144 Å². The van der Waals surface area contributed by atoms with Gasteiger partial charge in [0.15, 0.2) is 5.82 Å². The van der Waals surface area contributed by atoms with E-state index in [4.69, 9.17) is 9.97 Å². The highest BCUT2D eigenvalue weighted by molar-refractivity contribution is 8.05. The molecule has 47 heavy (non-hydrogen) atoms. The van der Waals surface area contributed by atoms with Crippen molar-refractivity contribution >= 4 is 67.0 Å². The molecule has 0 aliphatic carbocycles. The summed E-state index contributed by atoms with van der Waals surface area (Å²) < 4.78 is 2.42. The van der Waals surface area contributed by atoms with Gasteiger partial charge in [0.2, 0.25) is 0 Å². The van der Waals surface area contributed by atoms with E-state index in [-0.39, 0.29) is 0 Å². The molecule has 7 aromatic carbocycles. The molecule has 0 unspecified atom stereocenters. The number of hydrogen-bond donors (Lipinski definition) is 0. The van der Waals surface area contributed by atoms with Crippen molar-refractivity contribution in [2.75, 3.05) is 0 Å². The van der Waals surface area contributed by atoms with E-state index >= 15 is 0 Å². The molecule has 0 saturated carbocycles. The Balaban J connectivity index is 1.23. The number of nitrogens with zero attached hydrogens (tertiary/aromatic N) is 3. The van der Waals surface area contributed by atoms with Gasteiger partial charge >= 0.3 is 0 Å². The Kier molecular flexibility index (Phi) is 6.04. The molecule has 1 aliphatic heterocycles. The van der Waals surface area contributed by atoms with Crippen molar-refractivity contribution in [2.45, 2.75) is 19.6 Å². The van der Waals surface area contributed by atoms with Gasteiger partial charge in [0, 0.05) is 52.6 Å². The van der Waals surface area contributed by atoms with E-state index in [0.29, 0.717) is 0 Å². The highest BCUT2D eigenvalue weighted by Crippen LogP contribution is 2.53. The van der Waals surface area contributed by atoms with E-state index in [1.54, 1.807) is 0 Å². The van der Waals surface area contributed by atoms with Crippen LogP contribution in [0.2, 0.25) is 0 Å². The zero-order chi connectivity index (χ0) is 30.9. The van der Waals surface area contributed by atoms with Gasteiger partial charge < -0.3 is 4.57 Å². The Hall–Kier alpha value is -5.36. The largest absolute Gasteiger partial charge is 0.309 e. The predicted octanol–water partition coefficient (Wildman–Crippen LogP) is 11.8. The van der Waals surface area contributed by atoms with Crippen molar-refractivity contribution in [3.8, 4) is 28.3 Å². The fourth-order valence-electron chi connectivity index (χ4n) is 6.93. The van der Waals surface area contributed by atoms with Crippen molar-refractivity contribution in [2.24, 2.45) is 0 Å². The first kappa shape index (κ1) is 26.8. The molecule has 9 aromatic rings. The second-order valence-electron chi connectivity index (χ2n) is 11.8. The summed E-state index contributed by atoms with van der Waals surface area (Å²) in [5, 5.41) is 6.17. The molecule has 5 heteroatoms. The molecule has 220 valence electrons. The summed E-state index contributed by atoms with van der Waals surface area (Å²) >= 11 is 3.76. The lowest BCUT2D eigenvalue weighted by Crippen LogP contribution is -1.98. The Morgan fingerprint density at radius 3 is 2.06 bits per heavy atom. The zero-order valence-electron chi connectivity index (χ0n) is 25.1. The quantitative estimate of drug-likeness (QED) is 0.193. The van der Waals surface area contributed by atoms with E-state index in [1.165, 1.54) is 52.2 Å². The van der Waals surface area contributed by atoms with Gasteiger partial charge in [-0.3, -0.25) is 0 Å². The minimum atomic E-state index is 0.719. The maximum atomic E-state index is 5.18. The average molecular weight is 636 g/mol. The SMILES string of the molecule is c1ccc(-c2nc(-c3cccc(-n4c5ccc6c(c5c5c7ccccc7ccc54)Sc4ccccc4S6)c3)nc3ccccc23)cc1. The van der Waals surface area contributed by atoms with Crippen LogP contribution in [0.4, 0.5) is 0 Å². The van der Waals surface area contributed by atoms with Gasteiger partial charge in [0.05, 0.1) is 22.2 Å². The Morgan fingerprint density at radius 1 is 0.468 bits per heavy atom. The van der Waals surface area contributed by atoms with Gasteiger partial charge in [-0.25, -0.2) is 9.97 Å². The van der Waals surface area contributed by atoms with Crippen LogP contribution in [0.5, 0.6) is 0 Å². The lowest BCUT2D eigenvalue weighted by Gasteiger charge is -2.19. The second-order valence-corrected chi connectivity index (χ2v) is 13.9. The molecule has 3 nitrogen and oxygen atoms in total. The van der Waals surface area contributed by atoms with E-state index in [1.807, 2.05) is 35.7 Å². The van der Waals surface area contributed by atoms with Crippen LogP contribution in [-0.4, -0.2) is 14.5 Å². The monoisotopic (exact) mass is 635 g/mol. The molecule has 0 radical (unpaired) electrons. The minimum Gasteiger partial charge on any atom is -0.309 e. The Bertz CT molecular complexity index is 2700. The fraction of sp³-hybridized carbons (Fsp3) is 0. The molecule has 1 aliphatic rings. The van der Waals surface area contributed by atoms with E-state index in [0.717, 1.165) is 39.2 Å². The predicted molar refractivity (Wildman–Crippen MR) is 197 cm³/mol. The van der Waals surface area contributed by atoms with Crippen LogP contribution in [0.25, 0.3) is 71.8 Å². The molecule has 0 N–H and O–H groups in total. The van der Waals surface area contributed by atoms with E-state index in [9.17, 15) is 0 Å². The number of fused-ring (bicyclic) bond motifs is 9. The van der Waals surface area contributed by atoms with Crippen LogP contribution >= 0.6 is 23.5 Å². The molecular formula is C42H25N3S2. The number of para-hydroxylation sites is 1. The first-order valence-electron chi connectivity index (χ1n) is 15.7.